The maximum absolute atomic E-state index is 5.90. The third-order valence-corrected chi connectivity index (χ3v) is 3.42. The fourth-order valence-corrected chi connectivity index (χ4v) is 2.49. The predicted octanol–water partition coefficient (Wildman–Crippen LogP) is 4.34. The molecule has 1 aromatic carbocycles. The van der Waals surface area contributed by atoms with Crippen molar-refractivity contribution in [3.8, 4) is 0 Å². The molecule has 1 nitrogen and oxygen atoms in total. The Morgan fingerprint density at radius 2 is 2.12 bits per heavy atom. The van der Waals surface area contributed by atoms with Crippen LogP contribution in [0.4, 0.5) is 0 Å². The lowest BCUT2D eigenvalue weighted by Crippen LogP contribution is -1.85. The first-order valence-corrected chi connectivity index (χ1v) is 6.40. The number of benzene rings is 1. The lowest BCUT2D eigenvalue weighted by atomic mass is 10.2. The van der Waals surface area contributed by atoms with E-state index in [-0.39, 0.29) is 0 Å². The van der Waals surface area contributed by atoms with Crippen molar-refractivity contribution in [2.75, 3.05) is 0 Å². The molecule has 0 N–H and O–H groups in total. The normalized spacial score (nSPS) is 10.4. The van der Waals surface area contributed by atoms with Gasteiger partial charge in [-0.2, -0.15) is 0 Å². The quantitative estimate of drug-likeness (QED) is 0.751. The van der Waals surface area contributed by atoms with Crippen molar-refractivity contribution >= 4 is 23.4 Å². The molecule has 0 aliphatic heterocycles. The Labute approximate surface area is 105 Å². The molecule has 1 heterocycles. The van der Waals surface area contributed by atoms with Crippen molar-refractivity contribution < 1.29 is 0 Å². The summed E-state index contributed by atoms with van der Waals surface area (Å²) in [4.78, 5) is 5.54. The van der Waals surface area contributed by atoms with Gasteiger partial charge >= 0.3 is 0 Å². The van der Waals surface area contributed by atoms with E-state index in [2.05, 4.69) is 36.2 Å². The summed E-state index contributed by atoms with van der Waals surface area (Å²) in [5.74, 6) is 0.851. The minimum atomic E-state index is 0.745. The van der Waals surface area contributed by atoms with Gasteiger partial charge in [-0.05, 0) is 31.2 Å². The van der Waals surface area contributed by atoms with Crippen molar-refractivity contribution in [2.24, 2.45) is 0 Å². The molecule has 0 bridgehead atoms. The van der Waals surface area contributed by atoms with Crippen molar-refractivity contribution in [2.45, 2.75) is 17.6 Å². The lowest BCUT2D eigenvalue weighted by molar-refractivity contribution is 1.17. The maximum Gasteiger partial charge on any atom is 0.0521 e. The Morgan fingerprint density at radius 3 is 2.88 bits per heavy atom. The number of thioether (sulfide) groups is 1. The molecule has 0 radical (unpaired) electrons. The van der Waals surface area contributed by atoms with E-state index in [1.54, 1.807) is 24.0 Å². The molecule has 16 heavy (non-hydrogen) atoms. The predicted molar refractivity (Wildman–Crippen MR) is 70.0 cm³/mol. The van der Waals surface area contributed by atoms with Crippen molar-refractivity contribution in [1.82, 2.24) is 4.98 Å². The van der Waals surface area contributed by atoms with E-state index in [0.717, 1.165) is 16.5 Å². The molecule has 82 valence electrons. The van der Waals surface area contributed by atoms with Crippen molar-refractivity contribution in [3.63, 3.8) is 0 Å². The van der Waals surface area contributed by atoms with Gasteiger partial charge in [0.15, 0.2) is 0 Å². The van der Waals surface area contributed by atoms with Gasteiger partial charge in [0, 0.05) is 21.9 Å². The van der Waals surface area contributed by atoms with Gasteiger partial charge in [0.25, 0.3) is 0 Å². The summed E-state index contributed by atoms with van der Waals surface area (Å²) in [6, 6.07) is 12.2. The van der Waals surface area contributed by atoms with Crippen LogP contribution in [-0.4, -0.2) is 4.98 Å². The van der Waals surface area contributed by atoms with Gasteiger partial charge in [0.2, 0.25) is 0 Å². The Hall–Kier alpha value is -0.990. The van der Waals surface area contributed by atoms with E-state index in [9.17, 15) is 0 Å². The first-order valence-electron chi connectivity index (χ1n) is 5.04. The molecular weight excluding hydrogens is 238 g/mol. The van der Waals surface area contributed by atoms with Crippen LogP contribution in [0.2, 0.25) is 5.02 Å². The highest BCUT2D eigenvalue weighted by molar-refractivity contribution is 7.98. The average molecular weight is 250 g/mol. The minimum absolute atomic E-state index is 0.745. The highest BCUT2D eigenvalue weighted by Crippen LogP contribution is 2.23. The monoisotopic (exact) mass is 249 g/mol. The molecule has 0 spiro atoms. The van der Waals surface area contributed by atoms with Crippen LogP contribution < -0.4 is 0 Å². The second-order valence-electron chi connectivity index (χ2n) is 3.57. The fraction of sp³-hybridized carbons (Fsp3) is 0.154. The summed E-state index contributed by atoms with van der Waals surface area (Å²) in [6.45, 7) is 2.10. The zero-order valence-electron chi connectivity index (χ0n) is 8.98. The van der Waals surface area contributed by atoms with Crippen LogP contribution in [0, 0.1) is 6.92 Å². The van der Waals surface area contributed by atoms with Crippen molar-refractivity contribution in [3.05, 3.63) is 58.9 Å². The molecule has 0 unspecified atom stereocenters. The number of hydrogen-bond acceptors (Lipinski definition) is 2. The molecule has 2 aromatic rings. The number of aromatic nitrogens is 1. The summed E-state index contributed by atoms with van der Waals surface area (Å²) in [5, 5.41) is 0.745. The van der Waals surface area contributed by atoms with E-state index in [1.165, 1.54) is 10.5 Å². The van der Waals surface area contributed by atoms with Gasteiger partial charge in [-0.25, -0.2) is 0 Å². The van der Waals surface area contributed by atoms with Crippen molar-refractivity contribution in [1.29, 1.82) is 0 Å². The van der Waals surface area contributed by atoms with Gasteiger partial charge in [-0.3, -0.25) is 4.98 Å². The zero-order chi connectivity index (χ0) is 11.4. The summed E-state index contributed by atoms with van der Waals surface area (Å²) in [7, 11) is 0. The zero-order valence-corrected chi connectivity index (χ0v) is 10.6. The second-order valence-corrected chi connectivity index (χ2v) is 5.06. The molecule has 0 saturated heterocycles. The molecule has 0 aliphatic carbocycles. The summed E-state index contributed by atoms with van der Waals surface area (Å²) < 4.78 is 0. The molecule has 2 rings (SSSR count). The van der Waals surface area contributed by atoms with E-state index in [0.29, 0.717) is 0 Å². The maximum atomic E-state index is 5.90. The number of aryl methyl sites for hydroxylation is 1. The standard InChI is InChI=1S/C13H12ClNS/c1-10-3-2-4-13(7-10)16-9-12-8-11(14)5-6-15-12/h2-8H,9H2,1H3. The molecular formula is C13H12ClNS. The van der Waals surface area contributed by atoms with E-state index < -0.39 is 0 Å². The number of nitrogens with zero attached hydrogens (tertiary/aromatic N) is 1. The molecule has 0 amide bonds. The van der Waals surface area contributed by atoms with Gasteiger partial charge in [0.1, 0.15) is 0 Å². The smallest absolute Gasteiger partial charge is 0.0521 e. The van der Waals surface area contributed by atoms with Crippen LogP contribution in [0.15, 0.2) is 47.5 Å². The summed E-state index contributed by atoms with van der Waals surface area (Å²) >= 11 is 7.68. The van der Waals surface area contributed by atoms with Crippen LogP contribution >= 0.6 is 23.4 Å². The lowest BCUT2D eigenvalue weighted by Gasteiger charge is -2.02. The molecule has 0 atom stereocenters. The first kappa shape index (κ1) is 11.5. The number of hydrogen-bond donors (Lipinski definition) is 0. The molecule has 1 aromatic heterocycles. The first-order chi connectivity index (χ1) is 7.74. The summed E-state index contributed by atoms with van der Waals surface area (Å²) in [6.07, 6.45) is 1.74. The van der Waals surface area contributed by atoms with Gasteiger partial charge in [0.05, 0.1) is 5.69 Å². The number of pyridine rings is 1. The third-order valence-electron chi connectivity index (χ3n) is 2.15. The van der Waals surface area contributed by atoms with Gasteiger partial charge in [-0.1, -0.05) is 29.3 Å². The van der Waals surface area contributed by atoms with Gasteiger partial charge in [-0.15, -0.1) is 11.8 Å². The fourth-order valence-electron chi connectivity index (χ4n) is 1.39. The second kappa shape index (κ2) is 5.37. The SMILES string of the molecule is Cc1cccc(SCc2cc(Cl)ccn2)c1. The van der Waals surface area contributed by atoms with Crippen LogP contribution in [-0.2, 0) is 5.75 Å². The highest BCUT2D eigenvalue weighted by atomic mass is 35.5. The Balaban J connectivity index is 2.02. The van der Waals surface area contributed by atoms with Crippen LogP contribution in [0.1, 0.15) is 11.3 Å². The summed E-state index contributed by atoms with van der Waals surface area (Å²) in [5.41, 5.74) is 2.29. The Bertz CT molecular complexity index is 439. The molecule has 0 aliphatic rings. The topological polar surface area (TPSA) is 12.9 Å². The average Bonchev–Trinajstić information content (AvgIpc) is 2.27. The Morgan fingerprint density at radius 1 is 1.25 bits per heavy atom. The highest BCUT2D eigenvalue weighted by Gasteiger charge is 1.98. The Kier molecular flexibility index (Phi) is 3.86. The number of rotatable bonds is 3. The largest absolute Gasteiger partial charge is 0.260 e. The van der Waals surface area contributed by atoms with Crippen LogP contribution in [0.3, 0.4) is 0 Å². The van der Waals surface area contributed by atoms with E-state index in [4.69, 9.17) is 11.6 Å². The van der Waals surface area contributed by atoms with Crippen LogP contribution in [0.5, 0.6) is 0 Å². The molecule has 0 saturated carbocycles. The number of halogens is 1. The van der Waals surface area contributed by atoms with E-state index in [1.807, 2.05) is 6.07 Å². The molecule has 3 heteroatoms. The van der Waals surface area contributed by atoms with Crippen LogP contribution in [0.25, 0.3) is 0 Å². The minimum Gasteiger partial charge on any atom is -0.260 e. The van der Waals surface area contributed by atoms with Gasteiger partial charge < -0.3 is 0 Å². The third kappa shape index (κ3) is 3.26. The molecule has 0 fully saturated rings. The van der Waals surface area contributed by atoms with E-state index >= 15 is 0 Å².